The molecule has 0 atom stereocenters. The lowest BCUT2D eigenvalue weighted by Crippen LogP contribution is -2.35. The van der Waals surface area contributed by atoms with Crippen LogP contribution in [-0.4, -0.2) is 22.3 Å². The van der Waals surface area contributed by atoms with Crippen LogP contribution in [0.15, 0.2) is 23.6 Å². The van der Waals surface area contributed by atoms with Gasteiger partial charge >= 0.3 is 0 Å². The molecule has 0 saturated heterocycles. The summed E-state index contributed by atoms with van der Waals surface area (Å²) >= 11 is 1.78. The highest BCUT2D eigenvalue weighted by atomic mass is 32.1. The zero-order chi connectivity index (χ0) is 14.1. The summed E-state index contributed by atoms with van der Waals surface area (Å²) in [4.78, 5) is 20.1. The first-order chi connectivity index (χ1) is 9.67. The summed E-state index contributed by atoms with van der Waals surface area (Å²) in [6.07, 6.45) is 1.72. The van der Waals surface area contributed by atoms with Crippen molar-refractivity contribution in [2.75, 3.05) is 12.3 Å². The van der Waals surface area contributed by atoms with Gasteiger partial charge in [-0.05, 0) is 42.0 Å². The first-order valence-corrected chi connectivity index (χ1v) is 7.66. The molecule has 3 rings (SSSR count). The second kappa shape index (κ2) is 5.25. The average Bonchev–Trinajstić information content (AvgIpc) is 2.93. The molecule has 0 unspecified atom stereocenters. The van der Waals surface area contributed by atoms with Crippen LogP contribution in [0.3, 0.4) is 0 Å². The quantitative estimate of drug-likeness (QED) is 0.923. The van der Waals surface area contributed by atoms with Gasteiger partial charge < -0.3 is 10.6 Å². The number of fused-ring (bicyclic) bond motifs is 1. The van der Waals surface area contributed by atoms with Crippen LogP contribution in [0, 0.1) is 0 Å². The molecule has 0 bridgehead atoms. The summed E-state index contributed by atoms with van der Waals surface area (Å²) in [6.45, 7) is 3.48. The molecule has 2 aromatic rings. The van der Waals surface area contributed by atoms with Crippen molar-refractivity contribution in [3.8, 4) is 0 Å². The van der Waals surface area contributed by atoms with Crippen LogP contribution in [0.5, 0.6) is 0 Å². The molecule has 1 amide bonds. The molecule has 0 aliphatic carbocycles. The van der Waals surface area contributed by atoms with Gasteiger partial charge in [0, 0.05) is 29.2 Å². The Kier molecular flexibility index (Phi) is 3.44. The molecule has 4 nitrogen and oxygen atoms in total. The number of carbonyl (C=O) groups excluding carboxylic acids is 1. The number of hydrogen-bond acceptors (Lipinski definition) is 4. The number of anilines is 1. The number of rotatable bonds is 2. The molecule has 1 aliphatic heterocycles. The van der Waals surface area contributed by atoms with Crippen molar-refractivity contribution in [1.29, 1.82) is 0 Å². The Labute approximate surface area is 122 Å². The maximum atomic E-state index is 12.6. The summed E-state index contributed by atoms with van der Waals surface area (Å²) in [6, 6.07) is 5.63. The molecule has 0 fully saturated rings. The molecular formula is C15H17N3OS. The lowest BCUT2D eigenvalue weighted by atomic mass is 10.1. The predicted molar refractivity (Wildman–Crippen MR) is 80.8 cm³/mol. The number of aromatic nitrogens is 1. The predicted octanol–water partition coefficient (Wildman–Crippen LogP) is 2.49. The molecule has 0 aromatic carbocycles. The van der Waals surface area contributed by atoms with Crippen molar-refractivity contribution in [3.05, 3.63) is 45.3 Å². The third-order valence-electron chi connectivity index (χ3n) is 3.60. The van der Waals surface area contributed by atoms with E-state index in [-0.39, 0.29) is 5.91 Å². The fourth-order valence-electron chi connectivity index (χ4n) is 2.52. The van der Waals surface area contributed by atoms with Crippen LogP contribution < -0.4 is 5.73 Å². The third kappa shape index (κ3) is 2.41. The van der Waals surface area contributed by atoms with Crippen molar-refractivity contribution in [2.24, 2.45) is 0 Å². The minimum atomic E-state index is 0.0469. The highest BCUT2D eigenvalue weighted by molar-refractivity contribution is 7.10. The van der Waals surface area contributed by atoms with E-state index in [9.17, 15) is 4.79 Å². The van der Waals surface area contributed by atoms with E-state index in [0.717, 1.165) is 25.1 Å². The molecular weight excluding hydrogens is 270 g/mol. The minimum Gasteiger partial charge on any atom is -0.384 e. The van der Waals surface area contributed by atoms with Crippen LogP contribution in [-0.2, 0) is 19.4 Å². The van der Waals surface area contributed by atoms with Crippen molar-refractivity contribution in [1.82, 2.24) is 9.88 Å². The second-order valence-corrected chi connectivity index (χ2v) is 5.97. The number of amides is 1. The average molecular weight is 287 g/mol. The van der Waals surface area contributed by atoms with E-state index in [1.807, 2.05) is 17.9 Å². The lowest BCUT2D eigenvalue weighted by molar-refractivity contribution is 0.0735. The van der Waals surface area contributed by atoms with E-state index in [1.54, 1.807) is 17.4 Å². The molecule has 0 saturated carbocycles. The number of nitrogen functional groups attached to an aromatic ring is 1. The van der Waals surface area contributed by atoms with Gasteiger partial charge in [-0.1, -0.05) is 6.92 Å². The van der Waals surface area contributed by atoms with Crippen molar-refractivity contribution in [2.45, 2.75) is 26.3 Å². The summed E-state index contributed by atoms with van der Waals surface area (Å²) in [5, 5.41) is 2.10. The zero-order valence-electron chi connectivity index (χ0n) is 11.4. The molecule has 5 heteroatoms. The standard InChI is InChI=1S/C15H17N3OS/c1-2-12-7-11(8-14(16)17-12)15(19)18-5-3-13-10(9-18)4-6-20-13/h4,6-8H,2-3,5,9H2,1H3,(H2,16,17). The summed E-state index contributed by atoms with van der Waals surface area (Å²) in [5.41, 5.74) is 8.56. The van der Waals surface area contributed by atoms with Gasteiger partial charge in [-0.2, -0.15) is 0 Å². The Morgan fingerprint density at radius 2 is 2.35 bits per heavy atom. The van der Waals surface area contributed by atoms with E-state index in [0.29, 0.717) is 17.9 Å². The second-order valence-electron chi connectivity index (χ2n) is 4.97. The summed E-state index contributed by atoms with van der Waals surface area (Å²) in [5.74, 6) is 0.464. The maximum Gasteiger partial charge on any atom is 0.254 e. The van der Waals surface area contributed by atoms with Crippen LogP contribution in [0.2, 0.25) is 0 Å². The van der Waals surface area contributed by atoms with E-state index in [1.165, 1.54) is 10.4 Å². The van der Waals surface area contributed by atoms with E-state index >= 15 is 0 Å². The molecule has 0 spiro atoms. The largest absolute Gasteiger partial charge is 0.384 e. The SMILES string of the molecule is CCc1cc(C(=O)N2CCc3sccc3C2)cc(N)n1. The fourth-order valence-corrected chi connectivity index (χ4v) is 3.41. The van der Waals surface area contributed by atoms with Crippen molar-refractivity contribution >= 4 is 23.1 Å². The number of nitrogens with zero attached hydrogens (tertiary/aromatic N) is 2. The highest BCUT2D eigenvalue weighted by Gasteiger charge is 2.23. The Balaban J connectivity index is 1.85. The van der Waals surface area contributed by atoms with Crippen LogP contribution >= 0.6 is 11.3 Å². The zero-order valence-corrected chi connectivity index (χ0v) is 12.2. The molecule has 1 aliphatic rings. The number of aryl methyl sites for hydroxylation is 1. The number of carbonyl (C=O) groups is 1. The van der Waals surface area contributed by atoms with Gasteiger partial charge in [0.25, 0.3) is 5.91 Å². The number of thiophene rings is 1. The molecule has 20 heavy (non-hydrogen) atoms. The van der Waals surface area contributed by atoms with Gasteiger partial charge in [0.15, 0.2) is 0 Å². The van der Waals surface area contributed by atoms with Crippen LogP contribution in [0.25, 0.3) is 0 Å². The lowest BCUT2D eigenvalue weighted by Gasteiger charge is -2.27. The summed E-state index contributed by atoms with van der Waals surface area (Å²) < 4.78 is 0. The van der Waals surface area contributed by atoms with Gasteiger partial charge in [-0.3, -0.25) is 4.79 Å². The smallest absolute Gasteiger partial charge is 0.254 e. The first-order valence-electron chi connectivity index (χ1n) is 6.78. The third-order valence-corrected chi connectivity index (χ3v) is 4.63. The topological polar surface area (TPSA) is 59.2 Å². The minimum absolute atomic E-state index is 0.0469. The molecule has 2 N–H and O–H groups in total. The van der Waals surface area contributed by atoms with E-state index in [4.69, 9.17) is 5.73 Å². The van der Waals surface area contributed by atoms with Gasteiger partial charge in [-0.15, -0.1) is 11.3 Å². The van der Waals surface area contributed by atoms with Crippen LogP contribution in [0.1, 0.15) is 33.4 Å². The summed E-state index contributed by atoms with van der Waals surface area (Å²) in [7, 11) is 0. The van der Waals surface area contributed by atoms with Crippen molar-refractivity contribution in [3.63, 3.8) is 0 Å². The Bertz CT molecular complexity index is 650. The normalized spacial score (nSPS) is 14.2. The molecule has 3 heterocycles. The number of pyridine rings is 1. The van der Waals surface area contributed by atoms with Gasteiger partial charge in [0.05, 0.1) is 0 Å². The highest BCUT2D eigenvalue weighted by Crippen LogP contribution is 2.25. The van der Waals surface area contributed by atoms with Gasteiger partial charge in [0.1, 0.15) is 5.82 Å². The molecule has 104 valence electrons. The molecule has 0 radical (unpaired) electrons. The van der Waals surface area contributed by atoms with E-state index < -0.39 is 0 Å². The first kappa shape index (κ1) is 13.1. The van der Waals surface area contributed by atoms with Gasteiger partial charge in [0.2, 0.25) is 0 Å². The Morgan fingerprint density at radius 3 is 3.15 bits per heavy atom. The Morgan fingerprint density at radius 1 is 1.50 bits per heavy atom. The maximum absolute atomic E-state index is 12.6. The van der Waals surface area contributed by atoms with Crippen LogP contribution in [0.4, 0.5) is 5.82 Å². The van der Waals surface area contributed by atoms with Gasteiger partial charge in [-0.25, -0.2) is 4.98 Å². The van der Waals surface area contributed by atoms with E-state index in [2.05, 4.69) is 16.4 Å². The van der Waals surface area contributed by atoms with Crippen molar-refractivity contribution < 1.29 is 4.79 Å². The Hall–Kier alpha value is -1.88. The monoisotopic (exact) mass is 287 g/mol. The molecule has 2 aromatic heterocycles. The fraction of sp³-hybridized carbons (Fsp3) is 0.333. The number of hydrogen-bond donors (Lipinski definition) is 1. The number of nitrogens with two attached hydrogens (primary N) is 1.